The van der Waals surface area contributed by atoms with E-state index in [-0.39, 0.29) is 5.82 Å². The molecule has 0 aliphatic rings. The van der Waals surface area contributed by atoms with E-state index in [1.165, 1.54) is 23.7 Å². The highest BCUT2D eigenvalue weighted by atomic mass is 32.1. The van der Waals surface area contributed by atoms with Crippen LogP contribution in [0, 0.1) is 12.7 Å². The van der Waals surface area contributed by atoms with E-state index in [9.17, 15) is 4.39 Å². The van der Waals surface area contributed by atoms with Crippen LogP contribution in [-0.4, -0.2) is 16.4 Å². The molecule has 2 aromatic rings. The minimum Gasteiger partial charge on any atom is -0.363 e. The number of rotatable bonds is 2. The summed E-state index contributed by atoms with van der Waals surface area (Å²) >= 11 is 1.26. The summed E-state index contributed by atoms with van der Waals surface area (Å²) in [7, 11) is 1.78. The van der Waals surface area contributed by atoms with Gasteiger partial charge < -0.3 is 5.32 Å². The van der Waals surface area contributed by atoms with Crippen LogP contribution in [0.1, 0.15) is 5.56 Å². The van der Waals surface area contributed by atoms with Crippen molar-refractivity contribution in [3.8, 4) is 11.4 Å². The Balaban J connectivity index is 2.44. The second-order valence-corrected chi connectivity index (χ2v) is 3.94. The number of benzene rings is 1. The highest BCUT2D eigenvalue weighted by Gasteiger charge is 2.07. The molecule has 0 atom stereocenters. The maximum atomic E-state index is 13.1. The van der Waals surface area contributed by atoms with E-state index < -0.39 is 0 Å². The van der Waals surface area contributed by atoms with E-state index in [0.717, 1.165) is 10.7 Å². The zero-order valence-electron chi connectivity index (χ0n) is 8.41. The first-order valence-electron chi connectivity index (χ1n) is 4.48. The molecule has 1 N–H and O–H groups in total. The molecule has 0 amide bonds. The molecule has 0 saturated carbocycles. The van der Waals surface area contributed by atoms with Gasteiger partial charge >= 0.3 is 0 Å². The van der Waals surface area contributed by atoms with E-state index in [2.05, 4.69) is 14.7 Å². The average molecular weight is 223 g/mol. The molecule has 0 aliphatic heterocycles. The first-order valence-corrected chi connectivity index (χ1v) is 5.25. The van der Waals surface area contributed by atoms with Gasteiger partial charge in [0.1, 0.15) is 5.82 Å². The fraction of sp³-hybridized carbons (Fsp3) is 0.200. The summed E-state index contributed by atoms with van der Waals surface area (Å²) in [4.78, 5) is 4.21. The van der Waals surface area contributed by atoms with Gasteiger partial charge in [-0.2, -0.15) is 9.36 Å². The number of hydrogen-bond donors (Lipinski definition) is 1. The van der Waals surface area contributed by atoms with Crippen LogP contribution in [0.3, 0.4) is 0 Å². The second kappa shape index (κ2) is 3.94. The van der Waals surface area contributed by atoms with Gasteiger partial charge in [-0.05, 0) is 30.7 Å². The molecule has 0 saturated heterocycles. The summed E-state index contributed by atoms with van der Waals surface area (Å²) in [6, 6.07) is 4.79. The van der Waals surface area contributed by atoms with Crippen molar-refractivity contribution in [1.29, 1.82) is 0 Å². The molecule has 78 valence electrons. The minimum atomic E-state index is -0.259. The molecule has 0 bridgehead atoms. The summed E-state index contributed by atoms with van der Waals surface area (Å²) in [5.74, 6) is 0.303. The van der Waals surface area contributed by atoms with Crippen molar-refractivity contribution in [1.82, 2.24) is 9.36 Å². The SMILES string of the molecule is CNc1nc(-c2cc(C)cc(F)c2)ns1. The standard InChI is InChI=1S/C10H10FN3S/c1-6-3-7(5-8(11)4-6)9-13-10(12-2)15-14-9/h3-5H,1-2H3,(H,12,13,14). The molecule has 0 spiro atoms. The normalized spacial score (nSPS) is 10.3. The van der Waals surface area contributed by atoms with E-state index in [1.54, 1.807) is 7.05 Å². The monoisotopic (exact) mass is 223 g/mol. The van der Waals surface area contributed by atoms with Gasteiger partial charge in [0, 0.05) is 24.1 Å². The molecular weight excluding hydrogens is 213 g/mol. The van der Waals surface area contributed by atoms with Crippen LogP contribution >= 0.6 is 11.5 Å². The first kappa shape index (κ1) is 10.0. The Labute approximate surface area is 91.2 Å². The predicted octanol–water partition coefficient (Wildman–Crippen LogP) is 2.69. The molecule has 3 nitrogen and oxygen atoms in total. The molecule has 0 fully saturated rings. The largest absolute Gasteiger partial charge is 0.363 e. The van der Waals surface area contributed by atoms with Crippen molar-refractivity contribution in [3.63, 3.8) is 0 Å². The summed E-state index contributed by atoms with van der Waals surface area (Å²) in [6.45, 7) is 1.85. The van der Waals surface area contributed by atoms with Crippen LogP contribution in [0.25, 0.3) is 11.4 Å². The van der Waals surface area contributed by atoms with Crippen molar-refractivity contribution in [2.75, 3.05) is 12.4 Å². The van der Waals surface area contributed by atoms with Crippen molar-refractivity contribution in [3.05, 3.63) is 29.6 Å². The number of anilines is 1. The predicted molar refractivity (Wildman–Crippen MR) is 59.6 cm³/mol. The lowest BCUT2D eigenvalue weighted by Crippen LogP contribution is -1.88. The van der Waals surface area contributed by atoms with Gasteiger partial charge in [-0.1, -0.05) is 0 Å². The van der Waals surface area contributed by atoms with Crippen LogP contribution < -0.4 is 5.32 Å². The van der Waals surface area contributed by atoms with Crippen LogP contribution in [0.15, 0.2) is 18.2 Å². The van der Waals surface area contributed by atoms with Crippen LogP contribution in [0.5, 0.6) is 0 Å². The maximum absolute atomic E-state index is 13.1. The number of nitrogens with one attached hydrogen (secondary N) is 1. The lowest BCUT2D eigenvalue weighted by Gasteiger charge is -1.98. The van der Waals surface area contributed by atoms with Crippen LogP contribution in [-0.2, 0) is 0 Å². The highest BCUT2D eigenvalue weighted by molar-refractivity contribution is 7.09. The van der Waals surface area contributed by atoms with Gasteiger partial charge in [0.25, 0.3) is 0 Å². The third kappa shape index (κ3) is 2.12. The summed E-state index contributed by atoms with van der Waals surface area (Å²) < 4.78 is 17.3. The number of hydrogen-bond acceptors (Lipinski definition) is 4. The fourth-order valence-electron chi connectivity index (χ4n) is 1.31. The number of aromatic nitrogens is 2. The third-order valence-electron chi connectivity index (χ3n) is 1.94. The van der Waals surface area contributed by atoms with Crippen LogP contribution in [0.2, 0.25) is 0 Å². The zero-order chi connectivity index (χ0) is 10.8. The van der Waals surface area contributed by atoms with Gasteiger partial charge in [0.2, 0.25) is 5.13 Å². The summed E-state index contributed by atoms with van der Waals surface area (Å²) in [5.41, 5.74) is 1.58. The maximum Gasteiger partial charge on any atom is 0.202 e. The molecule has 5 heteroatoms. The summed E-state index contributed by atoms with van der Waals surface area (Å²) in [5, 5.41) is 3.63. The molecular formula is C10H10FN3S. The quantitative estimate of drug-likeness (QED) is 0.850. The van der Waals surface area contributed by atoms with Crippen molar-refractivity contribution in [2.45, 2.75) is 6.92 Å². The van der Waals surface area contributed by atoms with E-state index in [4.69, 9.17) is 0 Å². The smallest absolute Gasteiger partial charge is 0.202 e. The zero-order valence-corrected chi connectivity index (χ0v) is 9.23. The Morgan fingerprint density at radius 1 is 1.33 bits per heavy atom. The van der Waals surface area contributed by atoms with Crippen molar-refractivity contribution >= 4 is 16.7 Å². The highest BCUT2D eigenvalue weighted by Crippen LogP contribution is 2.22. The third-order valence-corrected chi connectivity index (χ3v) is 2.67. The number of nitrogens with zero attached hydrogens (tertiary/aromatic N) is 2. The van der Waals surface area contributed by atoms with Crippen molar-refractivity contribution in [2.24, 2.45) is 0 Å². The molecule has 1 aromatic carbocycles. The first-order chi connectivity index (χ1) is 7.19. The number of aryl methyl sites for hydroxylation is 1. The van der Waals surface area contributed by atoms with Gasteiger partial charge in [0.15, 0.2) is 5.82 Å². The molecule has 0 unspecified atom stereocenters. The van der Waals surface area contributed by atoms with E-state index >= 15 is 0 Å². The van der Waals surface area contributed by atoms with Gasteiger partial charge in [-0.25, -0.2) is 4.39 Å². The lowest BCUT2D eigenvalue weighted by atomic mass is 10.1. The van der Waals surface area contributed by atoms with Gasteiger partial charge in [-0.15, -0.1) is 0 Å². The fourth-order valence-corrected chi connectivity index (χ4v) is 1.85. The molecule has 15 heavy (non-hydrogen) atoms. The minimum absolute atomic E-state index is 0.259. The lowest BCUT2D eigenvalue weighted by molar-refractivity contribution is 0.627. The Kier molecular flexibility index (Phi) is 2.64. The Bertz CT molecular complexity index is 461. The van der Waals surface area contributed by atoms with E-state index in [0.29, 0.717) is 11.4 Å². The Hall–Kier alpha value is -1.49. The van der Waals surface area contributed by atoms with Gasteiger partial charge in [-0.3, -0.25) is 0 Å². The van der Waals surface area contributed by atoms with E-state index in [1.807, 2.05) is 13.0 Å². The molecule has 2 rings (SSSR count). The summed E-state index contributed by atoms with van der Waals surface area (Å²) in [6.07, 6.45) is 0. The average Bonchev–Trinajstić information content (AvgIpc) is 2.64. The molecule has 0 radical (unpaired) electrons. The topological polar surface area (TPSA) is 37.8 Å². The second-order valence-electron chi connectivity index (χ2n) is 3.19. The Morgan fingerprint density at radius 3 is 2.73 bits per heavy atom. The van der Waals surface area contributed by atoms with Crippen molar-refractivity contribution < 1.29 is 4.39 Å². The Morgan fingerprint density at radius 2 is 2.13 bits per heavy atom. The number of halogens is 1. The molecule has 0 aliphatic carbocycles. The molecule has 1 aromatic heterocycles. The van der Waals surface area contributed by atoms with Crippen LogP contribution in [0.4, 0.5) is 9.52 Å². The van der Waals surface area contributed by atoms with Gasteiger partial charge in [0.05, 0.1) is 0 Å². The molecule has 1 heterocycles.